The number of anilines is 1. The Morgan fingerprint density at radius 1 is 0.955 bits per heavy atom. The van der Waals surface area contributed by atoms with Crippen molar-refractivity contribution in [3.63, 3.8) is 0 Å². The molecule has 3 amide bonds. The molecule has 1 aliphatic rings. The molecule has 2 rings (SSSR count). The molecule has 0 aliphatic carbocycles. The van der Waals surface area contributed by atoms with Crippen molar-refractivity contribution in [2.45, 2.75) is 13.3 Å². The Balaban J connectivity index is 2.03. The highest BCUT2D eigenvalue weighted by Crippen LogP contribution is 2.32. The predicted molar refractivity (Wildman–Crippen MR) is 88.9 cm³/mol. The molecule has 0 atom stereocenters. The summed E-state index contributed by atoms with van der Waals surface area (Å²) in [5.41, 5.74) is 0.411. The standard InChI is InChI=1S/C14H16Cl3N3O2/c1-9(21)19-3-2-4-20(6-5-19)14(22)18-13-8-11(16)10(15)7-12(13)17/h7-8H,2-6H2,1H3,(H,18,22). The number of benzene rings is 1. The van der Waals surface area contributed by atoms with Gasteiger partial charge in [0.15, 0.2) is 0 Å². The summed E-state index contributed by atoms with van der Waals surface area (Å²) >= 11 is 17.8. The first-order chi connectivity index (χ1) is 10.4. The number of nitrogens with zero attached hydrogens (tertiary/aromatic N) is 2. The molecular formula is C14H16Cl3N3O2. The predicted octanol–water partition coefficient (Wildman–Crippen LogP) is 3.73. The zero-order valence-corrected chi connectivity index (χ0v) is 14.3. The van der Waals surface area contributed by atoms with Crippen molar-refractivity contribution in [1.29, 1.82) is 0 Å². The summed E-state index contributed by atoms with van der Waals surface area (Å²) in [6.07, 6.45) is 0.738. The maximum absolute atomic E-state index is 12.3. The van der Waals surface area contributed by atoms with Crippen LogP contribution in [-0.2, 0) is 4.79 Å². The van der Waals surface area contributed by atoms with Gasteiger partial charge in [-0.15, -0.1) is 0 Å². The number of nitrogens with one attached hydrogen (secondary N) is 1. The molecule has 1 aromatic rings. The van der Waals surface area contributed by atoms with Crippen LogP contribution in [0.25, 0.3) is 0 Å². The van der Waals surface area contributed by atoms with Crippen molar-refractivity contribution < 1.29 is 9.59 Å². The topological polar surface area (TPSA) is 52.7 Å². The molecule has 0 radical (unpaired) electrons. The highest BCUT2D eigenvalue weighted by Gasteiger charge is 2.21. The molecule has 1 saturated heterocycles. The molecule has 22 heavy (non-hydrogen) atoms. The van der Waals surface area contributed by atoms with Crippen LogP contribution in [0.2, 0.25) is 15.1 Å². The van der Waals surface area contributed by atoms with Crippen LogP contribution in [0.15, 0.2) is 12.1 Å². The summed E-state index contributed by atoms with van der Waals surface area (Å²) in [4.78, 5) is 27.1. The second-order valence-electron chi connectivity index (χ2n) is 5.02. The third-order valence-electron chi connectivity index (χ3n) is 3.48. The lowest BCUT2D eigenvalue weighted by atomic mass is 10.3. The van der Waals surface area contributed by atoms with E-state index >= 15 is 0 Å². The molecule has 0 unspecified atom stereocenters. The van der Waals surface area contributed by atoms with Gasteiger partial charge in [0.25, 0.3) is 0 Å². The van der Waals surface area contributed by atoms with Crippen molar-refractivity contribution in [2.75, 3.05) is 31.5 Å². The van der Waals surface area contributed by atoms with Crippen molar-refractivity contribution in [3.8, 4) is 0 Å². The summed E-state index contributed by atoms with van der Waals surface area (Å²) in [6.45, 7) is 3.77. The zero-order chi connectivity index (χ0) is 16.3. The van der Waals surface area contributed by atoms with Crippen LogP contribution >= 0.6 is 34.8 Å². The summed E-state index contributed by atoms with van der Waals surface area (Å²) in [5, 5.41) is 3.70. The van der Waals surface area contributed by atoms with Crippen LogP contribution in [0.1, 0.15) is 13.3 Å². The molecule has 5 nitrogen and oxygen atoms in total. The van der Waals surface area contributed by atoms with E-state index in [-0.39, 0.29) is 11.9 Å². The number of hydrogen-bond acceptors (Lipinski definition) is 2. The van der Waals surface area contributed by atoms with Gasteiger partial charge in [-0.3, -0.25) is 4.79 Å². The minimum Gasteiger partial charge on any atom is -0.341 e. The van der Waals surface area contributed by atoms with E-state index in [4.69, 9.17) is 34.8 Å². The van der Waals surface area contributed by atoms with Gasteiger partial charge in [-0.2, -0.15) is 0 Å². The van der Waals surface area contributed by atoms with Crippen LogP contribution in [0.5, 0.6) is 0 Å². The lowest BCUT2D eigenvalue weighted by molar-refractivity contribution is -0.128. The molecule has 0 saturated carbocycles. The number of carbonyl (C=O) groups excluding carboxylic acids is 2. The quantitative estimate of drug-likeness (QED) is 0.772. The monoisotopic (exact) mass is 363 g/mol. The summed E-state index contributed by atoms with van der Waals surface area (Å²) < 4.78 is 0. The van der Waals surface area contributed by atoms with E-state index in [2.05, 4.69) is 5.32 Å². The first-order valence-electron chi connectivity index (χ1n) is 6.84. The minimum atomic E-state index is -0.273. The van der Waals surface area contributed by atoms with Crippen molar-refractivity contribution in [3.05, 3.63) is 27.2 Å². The van der Waals surface area contributed by atoms with Crippen LogP contribution < -0.4 is 5.32 Å². The van der Waals surface area contributed by atoms with Gasteiger partial charge in [0.1, 0.15) is 0 Å². The normalized spacial score (nSPS) is 15.5. The van der Waals surface area contributed by atoms with E-state index in [1.54, 1.807) is 9.80 Å². The molecule has 1 aliphatic heterocycles. The van der Waals surface area contributed by atoms with Gasteiger partial charge in [0.2, 0.25) is 5.91 Å². The van der Waals surface area contributed by atoms with E-state index in [0.717, 1.165) is 6.42 Å². The molecule has 1 N–H and O–H groups in total. The third kappa shape index (κ3) is 4.18. The molecular weight excluding hydrogens is 349 g/mol. The smallest absolute Gasteiger partial charge is 0.321 e. The largest absolute Gasteiger partial charge is 0.341 e. The molecule has 120 valence electrons. The van der Waals surface area contributed by atoms with Crippen LogP contribution in [0, 0.1) is 0 Å². The molecule has 1 fully saturated rings. The maximum atomic E-state index is 12.3. The van der Waals surface area contributed by atoms with Crippen LogP contribution in [-0.4, -0.2) is 47.9 Å². The van der Waals surface area contributed by atoms with Gasteiger partial charge in [-0.05, 0) is 18.6 Å². The molecule has 0 bridgehead atoms. The van der Waals surface area contributed by atoms with Crippen LogP contribution in [0.3, 0.4) is 0 Å². The number of rotatable bonds is 1. The lowest BCUT2D eigenvalue weighted by Gasteiger charge is -2.22. The zero-order valence-electron chi connectivity index (χ0n) is 12.0. The Hall–Kier alpha value is -1.17. The lowest BCUT2D eigenvalue weighted by Crippen LogP contribution is -2.38. The number of urea groups is 1. The SMILES string of the molecule is CC(=O)N1CCCN(C(=O)Nc2cc(Cl)c(Cl)cc2Cl)CC1. The van der Waals surface area contributed by atoms with E-state index in [1.807, 2.05) is 0 Å². The first-order valence-corrected chi connectivity index (χ1v) is 7.98. The van der Waals surface area contributed by atoms with Crippen LogP contribution in [0.4, 0.5) is 10.5 Å². The van der Waals surface area contributed by atoms with E-state index in [9.17, 15) is 9.59 Å². The fraction of sp³-hybridized carbons (Fsp3) is 0.429. The van der Waals surface area contributed by atoms with Gasteiger partial charge in [-0.25, -0.2) is 4.79 Å². The highest BCUT2D eigenvalue weighted by atomic mass is 35.5. The molecule has 1 heterocycles. The fourth-order valence-electron chi connectivity index (χ4n) is 2.25. The second-order valence-corrected chi connectivity index (χ2v) is 6.24. The minimum absolute atomic E-state index is 0.0229. The number of hydrogen-bond donors (Lipinski definition) is 1. The Bertz CT molecular complexity index is 595. The third-order valence-corrected chi connectivity index (χ3v) is 4.51. The Morgan fingerprint density at radius 3 is 2.23 bits per heavy atom. The van der Waals surface area contributed by atoms with E-state index in [0.29, 0.717) is 46.9 Å². The van der Waals surface area contributed by atoms with Crippen molar-refractivity contribution in [2.24, 2.45) is 0 Å². The van der Waals surface area contributed by atoms with Crippen molar-refractivity contribution >= 4 is 52.4 Å². The van der Waals surface area contributed by atoms with E-state index < -0.39 is 0 Å². The van der Waals surface area contributed by atoms with E-state index in [1.165, 1.54) is 19.1 Å². The van der Waals surface area contributed by atoms with Gasteiger partial charge in [-0.1, -0.05) is 34.8 Å². The number of carbonyl (C=O) groups is 2. The Morgan fingerprint density at radius 2 is 1.55 bits per heavy atom. The summed E-state index contributed by atoms with van der Waals surface area (Å²) in [5.74, 6) is 0.0229. The summed E-state index contributed by atoms with van der Waals surface area (Å²) in [7, 11) is 0. The Labute approximate surface area is 144 Å². The molecule has 0 spiro atoms. The first kappa shape index (κ1) is 17.2. The number of amides is 3. The second kappa shape index (κ2) is 7.40. The fourth-order valence-corrected chi connectivity index (χ4v) is 2.84. The van der Waals surface area contributed by atoms with Crippen molar-refractivity contribution in [1.82, 2.24) is 9.80 Å². The molecule has 0 aromatic heterocycles. The number of halogens is 3. The average molecular weight is 365 g/mol. The average Bonchev–Trinajstić information content (AvgIpc) is 2.70. The molecule has 1 aromatic carbocycles. The highest BCUT2D eigenvalue weighted by molar-refractivity contribution is 6.44. The molecule has 8 heteroatoms. The van der Waals surface area contributed by atoms with Gasteiger partial charge >= 0.3 is 6.03 Å². The van der Waals surface area contributed by atoms with Gasteiger partial charge < -0.3 is 15.1 Å². The Kier molecular flexibility index (Phi) is 5.78. The maximum Gasteiger partial charge on any atom is 0.321 e. The van der Waals surface area contributed by atoms with Gasteiger partial charge in [0.05, 0.1) is 20.8 Å². The van der Waals surface area contributed by atoms with Gasteiger partial charge in [0, 0.05) is 33.1 Å². The summed E-state index contributed by atoms with van der Waals surface area (Å²) in [6, 6.07) is 2.73.